The maximum absolute atomic E-state index is 11.9. The Morgan fingerprint density at radius 3 is 2.19 bits per heavy atom. The summed E-state index contributed by atoms with van der Waals surface area (Å²) in [5.74, 6) is -2.25. The molecule has 0 radical (unpaired) electrons. The van der Waals surface area contributed by atoms with Crippen LogP contribution in [0.4, 0.5) is 0 Å². The number of carbonyl (C=O) groups is 3. The third-order valence-corrected chi connectivity index (χ3v) is 2.58. The fourth-order valence-electron chi connectivity index (χ4n) is 1.54. The minimum atomic E-state index is -0.795. The summed E-state index contributed by atoms with van der Waals surface area (Å²) < 4.78 is 9.50. The van der Waals surface area contributed by atoms with Gasteiger partial charge in [0, 0.05) is 0 Å². The first kappa shape index (κ1) is 14.3. The number of primary amides is 1. The number of hydrogen-bond donors (Lipinski definition) is 2. The highest BCUT2D eigenvalue weighted by Gasteiger charge is 2.17. The van der Waals surface area contributed by atoms with Crippen molar-refractivity contribution < 1.29 is 23.9 Å². The first-order valence-electron chi connectivity index (χ1n) is 5.76. The van der Waals surface area contributed by atoms with Gasteiger partial charge in [-0.3, -0.25) is 4.79 Å². The second-order valence-electron chi connectivity index (χ2n) is 3.91. The van der Waals surface area contributed by atoms with Crippen LogP contribution >= 0.6 is 0 Å². The van der Waals surface area contributed by atoms with Crippen LogP contribution in [0.1, 0.15) is 31.2 Å². The van der Waals surface area contributed by atoms with E-state index in [-0.39, 0.29) is 17.1 Å². The molecule has 8 heteroatoms. The number of nitrogens with two attached hydrogens (primary N) is 1. The highest BCUT2D eigenvalue weighted by Crippen LogP contribution is 2.14. The average Bonchev–Trinajstić information content (AvgIpc) is 2.95. The van der Waals surface area contributed by atoms with E-state index in [4.69, 9.17) is 10.5 Å². The van der Waals surface area contributed by atoms with Crippen LogP contribution in [0.15, 0.2) is 30.6 Å². The largest absolute Gasteiger partial charge is 0.465 e. The number of aromatic nitrogens is 2. The molecule has 108 valence electrons. The number of hydrogen-bond acceptors (Lipinski definition) is 6. The lowest BCUT2D eigenvalue weighted by molar-refractivity contribution is 0.0599. The number of ether oxygens (including phenoxy) is 2. The summed E-state index contributed by atoms with van der Waals surface area (Å²) in [5.41, 5.74) is 5.47. The first-order valence-corrected chi connectivity index (χ1v) is 5.76. The molecule has 1 aromatic heterocycles. The van der Waals surface area contributed by atoms with Crippen molar-refractivity contribution in [3.05, 3.63) is 47.4 Å². The van der Waals surface area contributed by atoms with E-state index in [0.717, 1.165) is 0 Å². The van der Waals surface area contributed by atoms with Gasteiger partial charge in [-0.25, -0.2) is 14.6 Å². The molecule has 0 spiro atoms. The number of methoxy groups -OCH3 is 1. The predicted octanol–water partition coefficient (Wildman–Crippen LogP) is 0.514. The van der Waals surface area contributed by atoms with Crippen molar-refractivity contribution in [2.24, 2.45) is 5.73 Å². The molecule has 2 aromatic rings. The number of aromatic amines is 1. The van der Waals surface area contributed by atoms with Crippen LogP contribution in [-0.4, -0.2) is 34.9 Å². The molecule has 2 rings (SSSR count). The second kappa shape index (κ2) is 5.87. The fourth-order valence-corrected chi connectivity index (χ4v) is 1.54. The average molecular weight is 289 g/mol. The highest BCUT2D eigenvalue weighted by atomic mass is 16.5. The van der Waals surface area contributed by atoms with E-state index in [2.05, 4.69) is 14.7 Å². The number of benzene rings is 1. The van der Waals surface area contributed by atoms with Crippen molar-refractivity contribution in [1.82, 2.24) is 9.97 Å². The molecule has 0 unspecified atom stereocenters. The van der Waals surface area contributed by atoms with Crippen LogP contribution in [0.25, 0.3) is 0 Å². The number of H-pyrrole nitrogens is 1. The Kier molecular flexibility index (Phi) is 3.98. The number of nitrogens with zero attached hydrogens (tertiary/aromatic N) is 1. The van der Waals surface area contributed by atoms with Crippen molar-refractivity contribution >= 4 is 17.8 Å². The van der Waals surface area contributed by atoms with Crippen molar-refractivity contribution in [2.75, 3.05) is 7.11 Å². The lowest BCUT2D eigenvalue weighted by Gasteiger charge is -2.03. The molecule has 0 aliphatic carbocycles. The van der Waals surface area contributed by atoms with Crippen LogP contribution in [0.2, 0.25) is 0 Å². The molecular formula is C13H11N3O5. The molecule has 8 nitrogen and oxygen atoms in total. The number of rotatable bonds is 4. The molecule has 1 aromatic carbocycles. The minimum Gasteiger partial charge on any atom is -0.465 e. The zero-order valence-corrected chi connectivity index (χ0v) is 11.0. The Bertz CT molecular complexity index is 690. The smallest absolute Gasteiger partial charge is 0.344 e. The number of imidazole rings is 1. The summed E-state index contributed by atoms with van der Waals surface area (Å²) in [7, 11) is 1.26. The highest BCUT2D eigenvalue weighted by molar-refractivity contribution is 5.97. The topological polar surface area (TPSA) is 124 Å². The van der Waals surface area contributed by atoms with Crippen molar-refractivity contribution in [3.63, 3.8) is 0 Å². The summed E-state index contributed by atoms with van der Waals surface area (Å²) in [4.78, 5) is 40.4. The van der Waals surface area contributed by atoms with Gasteiger partial charge < -0.3 is 20.2 Å². The van der Waals surface area contributed by atoms with E-state index >= 15 is 0 Å². The van der Waals surface area contributed by atoms with E-state index < -0.39 is 17.8 Å². The van der Waals surface area contributed by atoms with Gasteiger partial charge in [-0.15, -0.1) is 0 Å². The SMILES string of the molecule is COC(=O)c1ccc(C(=O)Oc2nc[nH]c2C(N)=O)cc1. The van der Waals surface area contributed by atoms with E-state index in [1.807, 2.05) is 0 Å². The van der Waals surface area contributed by atoms with E-state index in [9.17, 15) is 14.4 Å². The quantitative estimate of drug-likeness (QED) is 0.790. The minimum absolute atomic E-state index is 0.102. The summed E-state index contributed by atoms with van der Waals surface area (Å²) in [6, 6.07) is 5.63. The van der Waals surface area contributed by atoms with Crippen molar-refractivity contribution in [3.8, 4) is 5.88 Å². The first-order chi connectivity index (χ1) is 10.0. The third-order valence-electron chi connectivity index (χ3n) is 2.58. The number of esters is 2. The van der Waals surface area contributed by atoms with Crippen LogP contribution in [0.5, 0.6) is 5.88 Å². The summed E-state index contributed by atoms with van der Waals surface area (Å²) in [6.07, 6.45) is 1.18. The fraction of sp³-hybridized carbons (Fsp3) is 0.0769. The molecule has 21 heavy (non-hydrogen) atoms. The number of amides is 1. The van der Waals surface area contributed by atoms with Gasteiger partial charge in [-0.05, 0) is 24.3 Å². The second-order valence-corrected chi connectivity index (χ2v) is 3.91. The van der Waals surface area contributed by atoms with Gasteiger partial charge in [0.25, 0.3) is 11.8 Å². The van der Waals surface area contributed by atoms with Crippen LogP contribution in [-0.2, 0) is 4.74 Å². The van der Waals surface area contributed by atoms with Crippen molar-refractivity contribution in [1.29, 1.82) is 0 Å². The summed E-state index contributed by atoms with van der Waals surface area (Å²) in [6.45, 7) is 0. The van der Waals surface area contributed by atoms with E-state index in [1.54, 1.807) is 0 Å². The Balaban J connectivity index is 2.15. The van der Waals surface area contributed by atoms with Gasteiger partial charge in [0.05, 0.1) is 24.6 Å². The molecule has 0 aliphatic rings. The van der Waals surface area contributed by atoms with Crippen LogP contribution < -0.4 is 10.5 Å². The number of nitrogens with one attached hydrogen (secondary N) is 1. The molecule has 3 N–H and O–H groups in total. The van der Waals surface area contributed by atoms with Crippen LogP contribution in [0, 0.1) is 0 Å². The molecule has 0 fully saturated rings. The van der Waals surface area contributed by atoms with Crippen molar-refractivity contribution in [2.45, 2.75) is 0 Å². The van der Waals surface area contributed by atoms with Gasteiger partial charge in [0.15, 0.2) is 5.69 Å². The zero-order chi connectivity index (χ0) is 15.4. The van der Waals surface area contributed by atoms with Gasteiger partial charge in [0.2, 0.25) is 0 Å². The van der Waals surface area contributed by atoms with Gasteiger partial charge in [0.1, 0.15) is 0 Å². The molecule has 1 amide bonds. The Hall–Kier alpha value is -3.16. The standard InChI is InChI=1S/C13H11N3O5/c1-20-12(18)7-2-4-8(5-3-7)13(19)21-11-9(10(14)17)15-6-16-11/h2-6H,1H3,(H2,14,17)(H,15,16). The summed E-state index contributed by atoms with van der Waals surface area (Å²) >= 11 is 0. The lowest BCUT2D eigenvalue weighted by atomic mass is 10.1. The normalized spacial score (nSPS) is 9.95. The molecule has 0 aliphatic heterocycles. The maximum atomic E-state index is 11.9. The van der Waals surface area contributed by atoms with E-state index in [0.29, 0.717) is 5.56 Å². The van der Waals surface area contributed by atoms with Crippen LogP contribution in [0.3, 0.4) is 0 Å². The maximum Gasteiger partial charge on any atom is 0.344 e. The van der Waals surface area contributed by atoms with E-state index in [1.165, 1.54) is 37.7 Å². The monoisotopic (exact) mass is 289 g/mol. The Labute approximate surface area is 118 Å². The number of carbonyl (C=O) groups excluding carboxylic acids is 3. The van der Waals surface area contributed by atoms with Gasteiger partial charge in [-0.1, -0.05) is 0 Å². The molecule has 0 atom stereocenters. The lowest BCUT2D eigenvalue weighted by Crippen LogP contribution is -2.16. The summed E-state index contributed by atoms with van der Waals surface area (Å²) in [5, 5.41) is 0. The third kappa shape index (κ3) is 3.06. The van der Waals surface area contributed by atoms with Gasteiger partial charge in [-0.2, -0.15) is 0 Å². The molecule has 0 saturated heterocycles. The predicted molar refractivity (Wildman–Crippen MR) is 69.8 cm³/mol. The zero-order valence-electron chi connectivity index (χ0n) is 11.0. The molecule has 0 saturated carbocycles. The molecule has 1 heterocycles. The molecule has 0 bridgehead atoms. The van der Waals surface area contributed by atoms with Gasteiger partial charge >= 0.3 is 11.9 Å². The molecular weight excluding hydrogens is 278 g/mol. The Morgan fingerprint density at radius 1 is 1.10 bits per heavy atom. The Morgan fingerprint density at radius 2 is 1.67 bits per heavy atom.